The minimum absolute atomic E-state index is 0.0326. The maximum Gasteiger partial charge on any atom is 0.331 e. The summed E-state index contributed by atoms with van der Waals surface area (Å²) in [5.74, 6) is -0.853. The van der Waals surface area contributed by atoms with Crippen molar-refractivity contribution >= 4 is 29.6 Å². The number of benzene rings is 1. The van der Waals surface area contributed by atoms with Gasteiger partial charge in [0.05, 0.1) is 12.8 Å². The molecule has 150 valence electrons. The Hall–Kier alpha value is -3.35. The van der Waals surface area contributed by atoms with Crippen molar-refractivity contribution in [3.8, 4) is 0 Å². The molecule has 0 radical (unpaired) electrons. The first kappa shape index (κ1) is 19.0. The summed E-state index contributed by atoms with van der Waals surface area (Å²) >= 11 is 0. The van der Waals surface area contributed by atoms with Crippen LogP contribution in [-0.2, 0) is 16.1 Å². The molecular weight excluding hydrogens is 370 g/mol. The van der Waals surface area contributed by atoms with E-state index < -0.39 is 17.8 Å². The maximum absolute atomic E-state index is 12.8. The predicted molar refractivity (Wildman–Crippen MR) is 108 cm³/mol. The number of rotatable bonds is 4. The van der Waals surface area contributed by atoms with Gasteiger partial charge in [0.2, 0.25) is 0 Å². The molecule has 3 heterocycles. The summed E-state index contributed by atoms with van der Waals surface area (Å²) < 4.78 is 5.22. The fourth-order valence-electron chi connectivity index (χ4n) is 3.72. The lowest BCUT2D eigenvalue weighted by Crippen LogP contribution is -2.53. The van der Waals surface area contributed by atoms with Crippen LogP contribution in [0.3, 0.4) is 0 Å². The number of carbonyl (C=O) groups excluding carboxylic acids is 3. The molecule has 2 aliphatic rings. The van der Waals surface area contributed by atoms with Crippen molar-refractivity contribution in [2.45, 2.75) is 32.7 Å². The summed E-state index contributed by atoms with van der Waals surface area (Å²) in [7, 11) is 0. The van der Waals surface area contributed by atoms with Crippen molar-refractivity contribution in [3.63, 3.8) is 0 Å². The number of carbonyl (C=O) groups is 3. The summed E-state index contributed by atoms with van der Waals surface area (Å²) in [4.78, 5) is 40.6. The summed E-state index contributed by atoms with van der Waals surface area (Å²) in [5, 5.41) is 2.23. The number of barbiturate groups is 1. The van der Waals surface area contributed by atoms with Gasteiger partial charge in [-0.15, -0.1) is 0 Å². The molecule has 1 aromatic heterocycles. The van der Waals surface area contributed by atoms with E-state index in [2.05, 4.69) is 16.3 Å². The molecule has 7 heteroatoms. The number of aryl methyl sites for hydroxylation is 1. The second kappa shape index (κ2) is 7.95. The molecule has 4 rings (SSSR count). The number of amides is 4. The minimum atomic E-state index is -0.745. The summed E-state index contributed by atoms with van der Waals surface area (Å²) in [6.07, 6.45) is 6.67. The second-order valence-electron chi connectivity index (χ2n) is 7.38. The van der Waals surface area contributed by atoms with Crippen LogP contribution in [0.25, 0.3) is 6.08 Å². The molecule has 0 unspecified atom stereocenters. The van der Waals surface area contributed by atoms with E-state index in [0.717, 1.165) is 34.8 Å². The molecular formula is C22H23N3O4. The Morgan fingerprint density at radius 3 is 2.59 bits per heavy atom. The van der Waals surface area contributed by atoms with Gasteiger partial charge < -0.3 is 9.32 Å². The monoisotopic (exact) mass is 393 g/mol. The Labute approximate surface area is 169 Å². The highest BCUT2D eigenvalue weighted by atomic mass is 16.3. The Balaban J connectivity index is 1.59. The van der Waals surface area contributed by atoms with Crippen LogP contribution in [-0.4, -0.2) is 35.8 Å². The number of urea groups is 1. The van der Waals surface area contributed by atoms with E-state index in [4.69, 9.17) is 4.42 Å². The van der Waals surface area contributed by atoms with Crippen LogP contribution in [0.2, 0.25) is 0 Å². The van der Waals surface area contributed by atoms with Crippen LogP contribution in [0.1, 0.15) is 36.1 Å². The molecule has 7 nitrogen and oxygen atoms in total. The zero-order chi connectivity index (χ0) is 20.4. The van der Waals surface area contributed by atoms with Crippen LogP contribution >= 0.6 is 0 Å². The molecule has 0 atom stereocenters. The molecule has 0 saturated carbocycles. The third kappa shape index (κ3) is 3.94. The van der Waals surface area contributed by atoms with E-state index in [0.29, 0.717) is 5.76 Å². The Kier molecular flexibility index (Phi) is 5.20. The Morgan fingerprint density at radius 2 is 1.90 bits per heavy atom. The molecule has 1 aromatic carbocycles. The number of anilines is 1. The first-order chi connectivity index (χ1) is 14.0. The van der Waals surface area contributed by atoms with Crippen molar-refractivity contribution in [1.82, 2.24) is 10.2 Å². The van der Waals surface area contributed by atoms with E-state index in [1.54, 1.807) is 18.2 Å². The molecule has 0 bridgehead atoms. The number of imide groups is 2. The van der Waals surface area contributed by atoms with Crippen molar-refractivity contribution in [2.24, 2.45) is 0 Å². The molecule has 2 aromatic rings. The standard InChI is InChI=1S/C22H23N3O4/c1-15-12-17(24-9-3-2-4-10-24)8-7-16(15)13-19-20(26)23-22(28)25(21(19)27)14-18-6-5-11-29-18/h5-8,11-13H,2-4,9-10,14H2,1H3,(H,23,26,28)/b19-13+. The number of hydrogen-bond acceptors (Lipinski definition) is 5. The SMILES string of the molecule is Cc1cc(N2CCCCC2)ccc1/C=C1\C(=O)NC(=O)N(Cc2ccco2)C1=O. The predicted octanol–water partition coefficient (Wildman–Crippen LogP) is 3.24. The second-order valence-corrected chi connectivity index (χ2v) is 7.38. The lowest BCUT2D eigenvalue weighted by molar-refractivity contribution is -0.130. The smallest absolute Gasteiger partial charge is 0.331 e. The topological polar surface area (TPSA) is 82.9 Å². The molecule has 0 spiro atoms. The first-order valence-corrected chi connectivity index (χ1v) is 9.80. The van der Waals surface area contributed by atoms with Crippen molar-refractivity contribution in [2.75, 3.05) is 18.0 Å². The van der Waals surface area contributed by atoms with Gasteiger partial charge >= 0.3 is 6.03 Å². The average Bonchev–Trinajstić information content (AvgIpc) is 3.23. The largest absolute Gasteiger partial charge is 0.467 e. The van der Waals surface area contributed by atoms with E-state index >= 15 is 0 Å². The van der Waals surface area contributed by atoms with Gasteiger partial charge in [-0.05, 0) is 67.7 Å². The lowest BCUT2D eigenvalue weighted by Gasteiger charge is -2.29. The maximum atomic E-state index is 12.8. The number of piperidine rings is 1. The molecule has 29 heavy (non-hydrogen) atoms. The highest BCUT2D eigenvalue weighted by Gasteiger charge is 2.36. The van der Waals surface area contributed by atoms with Gasteiger partial charge in [-0.3, -0.25) is 19.8 Å². The lowest BCUT2D eigenvalue weighted by atomic mass is 10.0. The van der Waals surface area contributed by atoms with Gasteiger partial charge in [0.1, 0.15) is 11.3 Å². The highest BCUT2D eigenvalue weighted by molar-refractivity contribution is 6.31. The fraction of sp³-hybridized carbons (Fsp3) is 0.318. The molecule has 2 fully saturated rings. The third-order valence-electron chi connectivity index (χ3n) is 5.35. The molecule has 1 N–H and O–H groups in total. The zero-order valence-corrected chi connectivity index (χ0v) is 16.3. The number of furan rings is 1. The fourth-order valence-corrected chi connectivity index (χ4v) is 3.72. The molecule has 4 amide bonds. The summed E-state index contributed by atoms with van der Waals surface area (Å²) in [6.45, 7) is 4.02. The molecule has 2 saturated heterocycles. The Bertz CT molecular complexity index is 972. The van der Waals surface area contributed by atoms with Gasteiger partial charge in [-0.2, -0.15) is 0 Å². The Morgan fingerprint density at radius 1 is 1.10 bits per heavy atom. The summed E-state index contributed by atoms with van der Waals surface area (Å²) in [6, 6.07) is 8.61. The minimum Gasteiger partial charge on any atom is -0.467 e. The normalized spacial score (nSPS) is 19.1. The number of nitrogens with one attached hydrogen (secondary N) is 1. The molecule has 2 aliphatic heterocycles. The van der Waals surface area contributed by atoms with Crippen LogP contribution in [0.5, 0.6) is 0 Å². The van der Waals surface area contributed by atoms with E-state index in [-0.39, 0.29) is 12.1 Å². The van der Waals surface area contributed by atoms with Gasteiger partial charge in [0.15, 0.2) is 0 Å². The van der Waals surface area contributed by atoms with Crippen LogP contribution in [0.4, 0.5) is 10.5 Å². The van der Waals surface area contributed by atoms with E-state index in [9.17, 15) is 14.4 Å². The van der Waals surface area contributed by atoms with E-state index in [1.165, 1.54) is 25.5 Å². The van der Waals surface area contributed by atoms with Crippen LogP contribution < -0.4 is 10.2 Å². The molecule has 0 aliphatic carbocycles. The van der Waals surface area contributed by atoms with Gasteiger partial charge in [-0.25, -0.2) is 4.79 Å². The van der Waals surface area contributed by atoms with Gasteiger partial charge in [0.25, 0.3) is 11.8 Å². The van der Waals surface area contributed by atoms with Gasteiger partial charge in [-0.1, -0.05) is 6.07 Å². The first-order valence-electron chi connectivity index (χ1n) is 9.80. The quantitative estimate of drug-likeness (QED) is 0.637. The number of hydrogen-bond donors (Lipinski definition) is 1. The third-order valence-corrected chi connectivity index (χ3v) is 5.35. The van der Waals surface area contributed by atoms with Crippen molar-refractivity contribution in [1.29, 1.82) is 0 Å². The van der Waals surface area contributed by atoms with Crippen molar-refractivity contribution < 1.29 is 18.8 Å². The van der Waals surface area contributed by atoms with Crippen LogP contribution in [0.15, 0.2) is 46.6 Å². The summed E-state index contributed by atoms with van der Waals surface area (Å²) in [5.41, 5.74) is 2.83. The zero-order valence-electron chi connectivity index (χ0n) is 16.3. The van der Waals surface area contributed by atoms with Crippen molar-refractivity contribution in [3.05, 3.63) is 59.1 Å². The van der Waals surface area contributed by atoms with Crippen LogP contribution in [0, 0.1) is 6.92 Å². The number of nitrogens with zero attached hydrogens (tertiary/aromatic N) is 2. The van der Waals surface area contributed by atoms with E-state index in [1.807, 2.05) is 19.1 Å². The average molecular weight is 393 g/mol. The van der Waals surface area contributed by atoms with Gasteiger partial charge in [0, 0.05) is 18.8 Å². The highest BCUT2D eigenvalue weighted by Crippen LogP contribution is 2.25.